The topological polar surface area (TPSA) is 115 Å². The normalized spacial score (nSPS) is 19.5. The number of rotatable bonds is 5. The summed E-state index contributed by atoms with van der Waals surface area (Å²) in [6, 6.07) is 3.67. The first-order valence-electron chi connectivity index (χ1n) is 9.39. The van der Waals surface area contributed by atoms with Crippen molar-refractivity contribution in [3.63, 3.8) is 0 Å². The van der Waals surface area contributed by atoms with Crippen LogP contribution in [0, 0.1) is 5.92 Å². The Morgan fingerprint density at radius 1 is 1.26 bits per heavy atom. The molecule has 2 aromatic heterocycles. The van der Waals surface area contributed by atoms with Crippen molar-refractivity contribution in [1.82, 2.24) is 18.8 Å². The zero-order valence-electron chi connectivity index (χ0n) is 16.3. The quantitative estimate of drug-likeness (QED) is 0.722. The van der Waals surface area contributed by atoms with Crippen molar-refractivity contribution in [3.8, 4) is 5.75 Å². The van der Waals surface area contributed by atoms with E-state index >= 15 is 0 Å². The van der Waals surface area contributed by atoms with Gasteiger partial charge in [-0.05, 0) is 25.0 Å². The third kappa shape index (κ3) is 6.17. The van der Waals surface area contributed by atoms with Crippen LogP contribution in [-0.4, -0.2) is 62.9 Å². The number of pyridine rings is 1. The number of sulfonamides is 1. The van der Waals surface area contributed by atoms with Crippen molar-refractivity contribution >= 4 is 16.0 Å². The summed E-state index contributed by atoms with van der Waals surface area (Å²) in [6.45, 7) is 1.95. The van der Waals surface area contributed by atoms with Gasteiger partial charge in [0.15, 0.2) is 0 Å². The van der Waals surface area contributed by atoms with Crippen LogP contribution in [-0.2, 0) is 27.9 Å². The van der Waals surface area contributed by atoms with Crippen molar-refractivity contribution in [2.24, 2.45) is 5.92 Å². The van der Waals surface area contributed by atoms with Crippen LogP contribution in [0.3, 0.4) is 0 Å². The lowest BCUT2D eigenvalue weighted by atomic mass is 10.1. The first-order valence-corrected chi connectivity index (χ1v) is 10.9. The molecule has 2 aromatic rings. The van der Waals surface area contributed by atoms with Gasteiger partial charge in [0.25, 0.3) is 0 Å². The maximum Gasteiger partial charge on any atom is 0.490 e. The molecule has 1 saturated carbocycles. The Hall–Kier alpha value is -2.67. The Balaban J connectivity index is 0.000000339. The number of hydrogen-bond donors (Lipinski definition) is 1. The van der Waals surface area contributed by atoms with Gasteiger partial charge >= 0.3 is 12.1 Å². The highest BCUT2D eigenvalue weighted by molar-refractivity contribution is 7.90. The van der Waals surface area contributed by atoms with E-state index in [0.717, 1.165) is 18.7 Å². The molecule has 4 rings (SSSR count). The van der Waals surface area contributed by atoms with Gasteiger partial charge in [0.1, 0.15) is 11.6 Å². The van der Waals surface area contributed by atoms with Gasteiger partial charge in [0, 0.05) is 37.6 Å². The highest BCUT2D eigenvalue weighted by atomic mass is 32.2. The molecule has 9 nitrogen and oxygen atoms in total. The molecule has 0 aromatic carbocycles. The van der Waals surface area contributed by atoms with Gasteiger partial charge < -0.3 is 14.4 Å². The molecular formula is C18H21F3N4O5S. The van der Waals surface area contributed by atoms with Crippen molar-refractivity contribution in [2.45, 2.75) is 37.4 Å². The third-order valence-corrected chi connectivity index (χ3v) is 7.02. The Morgan fingerprint density at radius 2 is 1.97 bits per heavy atom. The van der Waals surface area contributed by atoms with Crippen LogP contribution in [0.5, 0.6) is 5.75 Å². The third-order valence-electron chi connectivity index (χ3n) is 4.70. The summed E-state index contributed by atoms with van der Waals surface area (Å²) in [6.07, 6.45) is 3.44. The molecule has 13 heteroatoms. The van der Waals surface area contributed by atoms with E-state index in [-0.39, 0.29) is 11.2 Å². The first kappa shape index (κ1) is 23.0. The molecule has 170 valence electrons. The fourth-order valence-corrected chi connectivity index (χ4v) is 4.89. The van der Waals surface area contributed by atoms with Crippen LogP contribution in [0.25, 0.3) is 0 Å². The summed E-state index contributed by atoms with van der Waals surface area (Å²) in [7, 11) is -3.24. The van der Waals surface area contributed by atoms with Crippen LogP contribution in [0.4, 0.5) is 13.2 Å². The average molecular weight is 462 g/mol. The van der Waals surface area contributed by atoms with Crippen LogP contribution < -0.4 is 4.74 Å². The minimum Gasteiger partial charge on any atom is -0.492 e. The number of hydrogen-bond acceptors (Lipinski definition) is 6. The maximum atomic E-state index is 12.7. The summed E-state index contributed by atoms with van der Waals surface area (Å²) in [5.41, 5.74) is 0. The van der Waals surface area contributed by atoms with Gasteiger partial charge in [-0.25, -0.2) is 18.2 Å². The number of aromatic nitrogens is 3. The number of aliphatic carboxylic acids is 1. The van der Waals surface area contributed by atoms with Crippen molar-refractivity contribution in [1.29, 1.82) is 0 Å². The Labute approximate surface area is 176 Å². The second kappa shape index (κ2) is 9.22. The average Bonchev–Trinajstić information content (AvgIpc) is 3.51. The molecule has 1 N–H and O–H groups in total. The molecule has 0 amide bonds. The highest BCUT2D eigenvalue weighted by Gasteiger charge is 2.42. The number of carboxylic acid groups (broad SMARTS) is 1. The van der Waals surface area contributed by atoms with Gasteiger partial charge in [-0.2, -0.15) is 17.5 Å². The Kier molecular flexibility index (Phi) is 6.84. The van der Waals surface area contributed by atoms with E-state index in [1.807, 2.05) is 22.9 Å². The largest absolute Gasteiger partial charge is 0.492 e. The van der Waals surface area contributed by atoms with E-state index in [0.29, 0.717) is 32.0 Å². The lowest BCUT2D eigenvalue weighted by Crippen LogP contribution is -2.37. The molecule has 1 aliphatic carbocycles. The number of fused-ring (bicyclic) bond motifs is 1. The predicted octanol–water partition coefficient (Wildman–Crippen LogP) is 1.91. The SMILES string of the molecule is O=C(O)C(F)(F)F.O=S(=O)(C1CC1)N1Cc2nccn2CC(COc2cccnc2)C1. The van der Waals surface area contributed by atoms with E-state index in [9.17, 15) is 21.6 Å². The van der Waals surface area contributed by atoms with Crippen LogP contribution in [0.15, 0.2) is 36.9 Å². The summed E-state index contributed by atoms with van der Waals surface area (Å²) < 4.78 is 66.5. The predicted molar refractivity (Wildman–Crippen MR) is 101 cm³/mol. The van der Waals surface area contributed by atoms with Gasteiger partial charge in [-0.1, -0.05) is 0 Å². The molecule has 0 bridgehead atoms. The van der Waals surface area contributed by atoms with E-state index < -0.39 is 22.2 Å². The highest BCUT2D eigenvalue weighted by Crippen LogP contribution is 2.33. The number of carboxylic acids is 1. The molecule has 1 atom stereocenters. The van der Waals surface area contributed by atoms with Crippen LogP contribution in [0.2, 0.25) is 0 Å². The van der Waals surface area contributed by atoms with E-state index in [2.05, 4.69) is 9.97 Å². The van der Waals surface area contributed by atoms with E-state index in [1.54, 1.807) is 22.9 Å². The van der Waals surface area contributed by atoms with Crippen molar-refractivity contribution in [3.05, 3.63) is 42.7 Å². The molecular weight excluding hydrogens is 441 g/mol. The van der Waals surface area contributed by atoms with E-state index in [1.165, 1.54) is 0 Å². The minimum atomic E-state index is -5.08. The molecule has 0 saturated heterocycles. The molecule has 0 radical (unpaired) electrons. The zero-order valence-corrected chi connectivity index (χ0v) is 17.1. The van der Waals surface area contributed by atoms with Gasteiger partial charge in [0.2, 0.25) is 10.0 Å². The molecule has 3 heterocycles. The number of imidazole rings is 1. The molecule has 1 unspecified atom stereocenters. The Bertz CT molecular complexity index is 993. The number of alkyl halides is 3. The molecule has 0 spiro atoms. The summed E-state index contributed by atoms with van der Waals surface area (Å²) in [4.78, 5) is 17.2. The molecule has 2 aliphatic rings. The van der Waals surface area contributed by atoms with Gasteiger partial charge in [-0.15, -0.1) is 0 Å². The van der Waals surface area contributed by atoms with Crippen molar-refractivity contribution in [2.75, 3.05) is 13.2 Å². The number of halogens is 3. The van der Waals surface area contributed by atoms with Crippen LogP contribution in [0.1, 0.15) is 18.7 Å². The standard InChI is InChI=1S/C16H20N4O3S.C2HF3O2/c21-24(22,15-3-4-15)20-10-13(9-19-7-6-18-16(19)11-20)12-23-14-2-1-5-17-8-14;3-2(4,5)1(6)7/h1-2,5-8,13,15H,3-4,9-12H2;(H,6,7). The zero-order chi connectivity index (χ0) is 22.6. The summed E-state index contributed by atoms with van der Waals surface area (Å²) in [5, 5.41) is 6.92. The summed E-state index contributed by atoms with van der Waals surface area (Å²) >= 11 is 0. The molecule has 1 fully saturated rings. The first-order chi connectivity index (χ1) is 14.6. The lowest BCUT2D eigenvalue weighted by Gasteiger charge is -2.23. The second-order valence-corrected chi connectivity index (χ2v) is 9.41. The van der Waals surface area contributed by atoms with Crippen molar-refractivity contribution < 1.29 is 36.2 Å². The van der Waals surface area contributed by atoms with Gasteiger partial charge in [0.05, 0.1) is 24.6 Å². The molecule has 31 heavy (non-hydrogen) atoms. The second-order valence-electron chi connectivity index (χ2n) is 7.20. The minimum absolute atomic E-state index is 0.0641. The smallest absolute Gasteiger partial charge is 0.490 e. The van der Waals surface area contributed by atoms with Crippen LogP contribution >= 0.6 is 0 Å². The van der Waals surface area contributed by atoms with E-state index in [4.69, 9.17) is 14.6 Å². The van der Waals surface area contributed by atoms with Gasteiger partial charge in [-0.3, -0.25) is 4.98 Å². The fourth-order valence-electron chi connectivity index (χ4n) is 3.03. The molecule has 1 aliphatic heterocycles. The summed E-state index contributed by atoms with van der Waals surface area (Å²) in [5.74, 6) is -1.20. The maximum absolute atomic E-state index is 12.7. The number of carbonyl (C=O) groups is 1. The Morgan fingerprint density at radius 3 is 2.55 bits per heavy atom. The number of nitrogens with zero attached hydrogens (tertiary/aromatic N) is 4. The number of ether oxygens (including phenoxy) is 1. The fraction of sp³-hybridized carbons (Fsp3) is 0.500. The monoisotopic (exact) mass is 462 g/mol. The lowest BCUT2D eigenvalue weighted by molar-refractivity contribution is -0.192.